The quantitative estimate of drug-likeness (QED) is 0.730. The van der Waals surface area contributed by atoms with Crippen LogP contribution in [0.15, 0.2) is 4.52 Å². The van der Waals surface area contributed by atoms with Gasteiger partial charge in [-0.05, 0) is 6.42 Å². The van der Waals surface area contributed by atoms with Crippen LogP contribution in [0.1, 0.15) is 31.5 Å². The second-order valence-corrected chi connectivity index (χ2v) is 4.15. The van der Waals surface area contributed by atoms with Gasteiger partial charge >= 0.3 is 0 Å². The van der Waals surface area contributed by atoms with Crippen molar-refractivity contribution in [1.82, 2.24) is 15.5 Å². The van der Waals surface area contributed by atoms with Gasteiger partial charge in [-0.25, -0.2) is 8.78 Å². The van der Waals surface area contributed by atoms with E-state index in [0.717, 1.165) is 6.42 Å². The smallest absolute Gasteiger partial charge is 0.287 e. The number of halogens is 2. The number of hydrogen-bond donors (Lipinski definition) is 2. The Kier molecular flexibility index (Phi) is 5.81. The Labute approximate surface area is 109 Å². The maximum Gasteiger partial charge on any atom is 0.287 e. The minimum atomic E-state index is -3.30. The van der Waals surface area contributed by atoms with Gasteiger partial charge in [-0.3, -0.25) is 4.79 Å². The van der Waals surface area contributed by atoms with Gasteiger partial charge in [0.1, 0.15) is 6.61 Å². The molecule has 1 heterocycles. The summed E-state index contributed by atoms with van der Waals surface area (Å²) in [4.78, 5) is 15.3. The number of nitrogens with one attached hydrogen (secondary N) is 1. The Hall–Kier alpha value is -1.57. The van der Waals surface area contributed by atoms with E-state index in [1.165, 1.54) is 0 Å². The predicted molar refractivity (Wildman–Crippen MR) is 61.7 cm³/mol. The number of amides is 1. The molecule has 19 heavy (non-hydrogen) atoms. The highest BCUT2D eigenvalue weighted by Gasteiger charge is 2.28. The third-order valence-corrected chi connectivity index (χ3v) is 2.33. The maximum atomic E-state index is 12.7. The van der Waals surface area contributed by atoms with Gasteiger partial charge in [0.2, 0.25) is 11.8 Å². The summed E-state index contributed by atoms with van der Waals surface area (Å²) in [7, 11) is 0. The zero-order valence-electron chi connectivity index (χ0n) is 10.7. The van der Waals surface area contributed by atoms with Gasteiger partial charge in [-0.15, -0.1) is 0 Å². The molecule has 6 nitrogen and oxygen atoms in total. The number of nitrogens with zero attached hydrogens (tertiary/aromatic N) is 2. The van der Waals surface area contributed by atoms with Crippen LogP contribution in [0.4, 0.5) is 8.78 Å². The molecule has 0 unspecified atom stereocenters. The standard InChI is InChI=1S/C11H17F2N3O3/c1-2-3-8-15-10(19-16-8)5-4-9(18)14-6-11(12,13)7-17/h17H,2-7H2,1H3,(H,14,18). The molecule has 0 fully saturated rings. The Balaban J connectivity index is 2.29. The van der Waals surface area contributed by atoms with Crippen LogP contribution in [0.2, 0.25) is 0 Å². The van der Waals surface area contributed by atoms with Gasteiger partial charge in [0.05, 0.1) is 6.54 Å². The highest BCUT2D eigenvalue weighted by atomic mass is 19.3. The molecule has 0 saturated heterocycles. The predicted octanol–water partition coefficient (Wildman–Crippen LogP) is 0.698. The van der Waals surface area contributed by atoms with Gasteiger partial charge in [0.25, 0.3) is 5.92 Å². The summed E-state index contributed by atoms with van der Waals surface area (Å²) >= 11 is 0. The molecule has 0 bridgehead atoms. The van der Waals surface area contributed by atoms with E-state index < -0.39 is 25.0 Å². The lowest BCUT2D eigenvalue weighted by Gasteiger charge is -2.13. The normalized spacial score (nSPS) is 11.6. The summed E-state index contributed by atoms with van der Waals surface area (Å²) in [5.41, 5.74) is 0. The number of rotatable bonds is 8. The van der Waals surface area contributed by atoms with Crippen molar-refractivity contribution in [2.45, 2.75) is 38.5 Å². The third kappa shape index (κ3) is 5.73. The summed E-state index contributed by atoms with van der Waals surface area (Å²) in [5, 5.41) is 14.1. The number of alkyl halides is 2. The van der Waals surface area contributed by atoms with Gasteiger partial charge < -0.3 is 14.9 Å². The van der Waals surface area contributed by atoms with E-state index >= 15 is 0 Å². The molecule has 0 atom stereocenters. The molecule has 108 valence electrons. The van der Waals surface area contributed by atoms with E-state index in [1.807, 2.05) is 12.2 Å². The van der Waals surface area contributed by atoms with Crippen LogP contribution >= 0.6 is 0 Å². The Bertz CT molecular complexity index is 410. The second-order valence-electron chi connectivity index (χ2n) is 4.15. The molecule has 0 aromatic carbocycles. The Morgan fingerprint density at radius 1 is 1.47 bits per heavy atom. The SMILES string of the molecule is CCCc1noc(CCC(=O)NCC(F)(F)CO)n1. The molecule has 1 rings (SSSR count). The first-order valence-corrected chi connectivity index (χ1v) is 6.03. The van der Waals surface area contributed by atoms with E-state index in [9.17, 15) is 13.6 Å². The molecule has 0 aliphatic rings. The molecule has 0 radical (unpaired) electrons. The van der Waals surface area contributed by atoms with Crippen LogP contribution in [0, 0.1) is 0 Å². The molecule has 1 amide bonds. The lowest BCUT2D eigenvalue weighted by molar-refractivity contribution is -0.124. The fraction of sp³-hybridized carbons (Fsp3) is 0.727. The number of aliphatic hydroxyl groups is 1. The molecule has 1 aromatic heterocycles. The van der Waals surface area contributed by atoms with Crippen molar-refractivity contribution in [3.63, 3.8) is 0 Å². The lowest BCUT2D eigenvalue weighted by atomic mass is 10.2. The van der Waals surface area contributed by atoms with Crippen molar-refractivity contribution in [1.29, 1.82) is 0 Å². The number of aliphatic hydroxyl groups excluding tert-OH is 1. The molecule has 2 N–H and O–H groups in total. The number of aromatic nitrogens is 2. The topological polar surface area (TPSA) is 88.2 Å². The molecule has 0 aliphatic heterocycles. The van der Waals surface area contributed by atoms with Crippen molar-refractivity contribution >= 4 is 5.91 Å². The first kappa shape index (κ1) is 15.5. The Morgan fingerprint density at radius 3 is 2.84 bits per heavy atom. The summed E-state index contributed by atoms with van der Waals surface area (Å²) < 4.78 is 30.2. The fourth-order valence-electron chi connectivity index (χ4n) is 1.31. The highest BCUT2D eigenvalue weighted by Crippen LogP contribution is 2.10. The van der Waals surface area contributed by atoms with Crippen LogP contribution < -0.4 is 5.32 Å². The first-order chi connectivity index (χ1) is 8.96. The molecule has 1 aromatic rings. The summed E-state index contributed by atoms with van der Waals surface area (Å²) in [5.74, 6) is -2.96. The molecule has 0 spiro atoms. The molecular formula is C11H17F2N3O3. The Morgan fingerprint density at radius 2 is 2.21 bits per heavy atom. The van der Waals surface area contributed by atoms with Crippen molar-refractivity contribution in [3.05, 3.63) is 11.7 Å². The number of carbonyl (C=O) groups excluding carboxylic acids is 1. The molecule has 8 heteroatoms. The number of hydrogen-bond acceptors (Lipinski definition) is 5. The fourth-order valence-corrected chi connectivity index (χ4v) is 1.31. The van der Waals surface area contributed by atoms with E-state index in [4.69, 9.17) is 9.63 Å². The van der Waals surface area contributed by atoms with E-state index in [-0.39, 0.29) is 12.8 Å². The van der Waals surface area contributed by atoms with Gasteiger partial charge in [0.15, 0.2) is 5.82 Å². The monoisotopic (exact) mass is 277 g/mol. The molecular weight excluding hydrogens is 260 g/mol. The minimum absolute atomic E-state index is 0.0186. The average Bonchev–Trinajstić information content (AvgIpc) is 2.82. The maximum absolute atomic E-state index is 12.7. The van der Waals surface area contributed by atoms with E-state index in [2.05, 4.69) is 10.1 Å². The first-order valence-electron chi connectivity index (χ1n) is 6.03. The molecule has 0 aliphatic carbocycles. The van der Waals surface area contributed by atoms with Crippen LogP contribution in [0.25, 0.3) is 0 Å². The minimum Gasteiger partial charge on any atom is -0.390 e. The zero-order valence-corrected chi connectivity index (χ0v) is 10.7. The van der Waals surface area contributed by atoms with Crippen molar-refractivity contribution in [2.24, 2.45) is 0 Å². The number of aryl methyl sites for hydroxylation is 2. The van der Waals surface area contributed by atoms with E-state index in [0.29, 0.717) is 18.1 Å². The van der Waals surface area contributed by atoms with Crippen LogP contribution in [-0.4, -0.2) is 40.2 Å². The van der Waals surface area contributed by atoms with Crippen LogP contribution in [0.3, 0.4) is 0 Å². The van der Waals surface area contributed by atoms with Crippen molar-refractivity contribution in [3.8, 4) is 0 Å². The lowest BCUT2D eigenvalue weighted by Crippen LogP contribution is -2.39. The third-order valence-electron chi connectivity index (χ3n) is 2.33. The summed E-state index contributed by atoms with van der Waals surface area (Å²) in [6.45, 7) is -0.199. The number of carbonyl (C=O) groups is 1. The van der Waals surface area contributed by atoms with Gasteiger partial charge in [-0.1, -0.05) is 12.1 Å². The van der Waals surface area contributed by atoms with Crippen LogP contribution in [0.5, 0.6) is 0 Å². The summed E-state index contributed by atoms with van der Waals surface area (Å²) in [6, 6.07) is 0. The largest absolute Gasteiger partial charge is 0.390 e. The zero-order chi connectivity index (χ0) is 14.3. The molecule has 0 saturated carbocycles. The second kappa shape index (κ2) is 7.13. The average molecular weight is 277 g/mol. The van der Waals surface area contributed by atoms with E-state index in [1.54, 1.807) is 0 Å². The highest BCUT2D eigenvalue weighted by molar-refractivity contribution is 5.76. The van der Waals surface area contributed by atoms with Crippen LogP contribution in [-0.2, 0) is 17.6 Å². The van der Waals surface area contributed by atoms with Crippen molar-refractivity contribution < 1.29 is 23.2 Å². The van der Waals surface area contributed by atoms with Crippen molar-refractivity contribution in [2.75, 3.05) is 13.2 Å². The van der Waals surface area contributed by atoms with Gasteiger partial charge in [0, 0.05) is 19.3 Å². The summed E-state index contributed by atoms with van der Waals surface area (Å²) in [6.07, 6.45) is 1.76. The van der Waals surface area contributed by atoms with Gasteiger partial charge in [-0.2, -0.15) is 4.98 Å².